The van der Waals surface area contributed by atoms with E-state index in [0.29, 0.717) is 16.6 Å². The molecule has 3 aromatic rings. The Balaban J connectivity index is 2.22. The number of aliphatic hydroxyl groups is 1. The van der Waals surface area contributed by atoms with E-state index in [1.807, 2.05) is 0 Å². The van der Waals surface area contributed by atoms with Crippen LogP contribution in [-0.4, -0.2) is 39.8 Å². The van der Waals surface area contributed by atoms with Gasteiger partial charge in [-0.25, -0.2) is 17.4 Å². The molecule has 2 aromatic carbocycles. The van der Waals surface area contributed by atoms with Gasteiger partial charge in [-0.15, -0.1) is 0 Å². The van der Waals surface area contributed by atoms with Gasteiger partial charge in [0.2, 0.25) is 16.0 Å². The van der Waals surface area contributed by atoms with Crippen LogP contribution in [0.5, 0.6) is 0 Å². The maximum atomic E-state index is 12.9. The van der Waals surface area contributed by atoms with Crippen molar-refractivity contribution in [3.8, 4) is 0 Å². The standard InChI is InChI=1S/C22H27N3O5S/c1-14(2)30-20(26)13-22(27,16-8-6-5-7-9-16)17-10-11-18-19(12-17)25(21(23)24-18)31(28,29)15(3)4/h5-12,14-15,27H,13H2,1-4H3,(H2,23,24). The second-order valence-electron chi connectivity index (χ2n) is 7.97. The zero-order valence-corrected chi connectivity index (χ0v) is 18.8. The van der Waals surface area contributed by atoms with Crippen LogP contribution in [0.2, 0.25) is 0 Å². The van der Waals surface area contributed by atoms with Gasteiger partial charge in [0.15, 0.2) is 0 Å². The summed E-state index contributed by atoms with van der Waals surface area (Å²) in [7, 11) is -3.80. The number of aromatic nitrogens is 2. The van der Waals surface area contributed by atoms with Crippen molar-refractivity contribution in [2.45, 2.75) is 51.1 Å². The van der Waals surface area contributed by atoms with Crippen molar-refractivity contribution in [3.05, 3.63) is 59.7 Å². The number of ether oxygens (including phenoxy) is 1. The molecule has 1 unspecified atom stereocenters. The van der Waals surface area contributed by atoms with Gasteiger partial charge < -0.3 is 15.6 Å². The third-order valence-corrected chi connectivity index (χ3v) is 7.07. The van der Waals surface area contributed by atoms with Gasteiger partial charge >= 0.3 is 5.97 Å². The number of hydrogen-bond donors (Lipinski definition) is 2. The summed E-state index contributed by atoms with van der Waals surface area (Å²) in [6.45, 7) is 6.55. The number of rotatable bonds is 7. The molecule has 0 amide bonds. The molecule has 0 aliphatic heterocycles. The molecule has 0 aliphatic carbocycles. The highest BCUT2D eigenvalue weighted by Gasteiger charge is 2.36. The second kappa shape index (κ2) is 8.32. The zero-order valence-electron chi connectivity index (χ0n) is 17.9. The van der Waals surface area contributed by atoms with Crippen LogP contribution in [0.25, 0.3) is 11.0 Å². The number of fused-ring (bicyclic) bond motifs is 1. The minimum atomic E-state index is -3.80. The quantitative estimate of drug-likeness (QED) is 0.536. The van der Waals surface area contributed by atoms with Gasteiger partial charge in [-0.1, -0.05) is 36.4 Å². The zero-order chi connectivity index (χ0) is 23.0. The van der Waals surface area contributed by atoms with Gasteiger partial charge in [0.05, 0.1) is 28.8 Å². The van der Waals surface area contributed by atoms with Crippen molar-refractivity contribution in [3.63, 3.8) is 0 Å². The summed E-state index contributed by atoms with van der Waals surface area (Å²) in [4.78, 5) is 16.6. The number of benzene rings is 2. The van der Waals surface area contributed by atoms with E-state index in [1.54, 1.807) is 70.2 Å². The lowest BCUT2D eigenvalue weighted by Gasteiger charge is -2.29. The molecule has 9 heteroatoms. The number of carbonyl (C=O) groups excluding carboxylic acids is 1. The number of anilines is 1. The van der Waals surface area contributed by atoms with Crippen molar-refractivity contribution in [1.82, 2.24) is 8.96 Å². The molecular weight excluding hydrogens is 418 g/mol. The third-order valence-electron chi connectivity index (χ3n) is 4.98. The Morgan fingerprint density at radius 3 is 2.35 bits per heavy atom. The van der Waals surface area contributed by atoms with E-state index in [-0.39, 0.29) is 24.0 Å². The lowest BCUT2D eigenvalue weighted by molar-refractivity contribution is -0.152. The molecule has 0 bridgehead atoms. The number of hydrogen-bond acceptors (Lipinski definition) is 7. The Bertz CT molecular complexity index is 1200. The van der Waals surface area contributed by atoms with Gasteiger partial charge in [-0.05, 0) is 51.0 Å². The number of imidazole rings is 1. The summed E-state index contributed by atoms with van der Waals surface area (Å²) in [6.07, 6.45) is -0.686. The van der Waals surface area contributed by atoms with Crippen molar-refractivity contribution in [2.24, 2.45) is 0 Å². The van der Waals surface area contributed by atoms with Gasteiger partial charge in [-0.3, -0.25) is 4.79 Å². The predicted octanol–water partition coefficient (Wildman–Crippen LogP) is 2.78. The summed E-state index contributed by atoms with van der Waals surface area (Å²) in [5.41, 5.74) is 5.57. The van der Waals surface area contributed by atoms with Crippen molar-refractivity contribution >= 4 is 33.0 Å². The summed E-state index contributed by atoms with van der Waals surface area (Å²) < 4.78 is 32.0. The van der Waals surface area contributed by atoms with Crippen LogP contribution in [0.3, 0.4) is 0 Å². The molecule has 0 aliphatic rings. The predicted molar refractivity (Wildman–Crippen MR) is 119 cm³/mol. The van der Waals surface area contributed by atoms with Crippen molar-refractivity contribution in [2.75, 3.05) is 5.73 Å². The van der Waals surface area contributed by atoms with Crippen LogP contribution in [0.1, 0.15) is 45.2 Å². The average molecular weight is 446 g/mol. The molecule has 1 atom stereocenters. The first kappa shape index (κ1) is 22.8. The van der Waals surface area contributed by atoms with E-state index in [0.717, 1.165) is 3.97 Å². The number of carbonyl (C=O) groups is 1. The summed E-state index contributed by atoms with van der Waals surface area (Å²) in [5.74, 6) is -0.743. The van der Waals surface area contributed by atoms with Crippen LogP contribution in [0.15, 0.2) is 48.5 Å². The normalized spacial score (nSPS) is 14.2. The smallest absolute Gasteiger partial charge is 0.309 e. The van der Waals surface area contributed by atoms with Gasteiger partial charge in [0.1, 0.15) is 5.60 Å². The molecule has 31 heavy (non-hydrogen) atoms. The molecular formula is C22H27N3O5S. The third kappa shape index (κ3) is 4.28. The highest BCUT2D eigenvalue weighted by molar-refractivity contribution is 7.90. The van der Waals surface area contributed by atoms with E-state index in [9.17, 15) is 18.3 Å². The Labute approximate surface area is 181 Å². The van der Waals surface area contributed by atoms with Crippen LogP contribution in [0, 0.1) is 0 Å². The maximum Gasteiger partial charge on any atom is 0.309 e. The Hall–Kier alpha value is -2.91. The largest absolute Gasteiger partial charge is 0.463 e. The molecule has 0 saturated heterocycles. The second-order valence-corrected chi connectivity index (χ2v) is 10.3. The highest BCUT2D eigenvalue weighted by Crippen LogP contribution is 2.36. The van der Waals surface area contributed by atoms with Crippen LogP contribution in [-0.2, 0) is 25.2 Å². The number of nitrogens with zero attached hydrogens (tertiary/aromatic N) is 2. The molecule has 166 valence electrons. The van der Waals surface area contributed by atoms with Gasteiger partial charge in [-0.2, -0.15) is 0 Å². The molecule has 3 N–H and O–H groups in total. The summed E-state index contributed by atoms with van der Waals surface area (Å²) in [5, 5.41) is 11.0. The Kier molecular flexibility index (Phi) is 6.11. The fourth-order valence-electron chi connectivity index (χ4n) is 3.41. The highest BCUT2D eigenvalue weighted by atomic mass is 32.2. The number of nitrogens with two attached hydrogens (primary N) is 1. The lowest BCUT2D eigenvalue weighted by atomic mass is 9.83. The summed E-state index contributed by atoms with van der Waals surface area (Å²) in [6, 6.07) is 13.4. The minimum Gasteiger partial charge on any atom is -0.463 e. The topological polar surface area (TPSA) is 125 Å². The molecule has 3 rings (SSSR count). The van der Waals surface area contributed by atoms with E-state index < -0.39 is 26.8 Å². The first-order valence-electron chi connectivity index (χ1n) is 9.97. The van der Waals surface area contributed by atoms with Crippen LogP contribution >= 0.6 is 0 Å². The lowest BCUT2D eigenvalue weighted by Crippen LogP contribution is -2.32. The molecule has 1 heterocycles. The molecule has 0 radical (unpaired) electrons. The van der Waals surface area contributed by atoms with Gasteiger partial charge in [0.25, 0.3) is 0 Å². The monoisotopic (exact) mass is 445 g/mol. The van der Waals surface area contributed by atoms with E-state index in [2.05, 4.69) is 4.98 Å². The van der Waals surface area contributed by atoms with E-state index in [4.69, 9.17) is 10.5 Å². The molecule has 0 fully saturated rings. The molecule has 8 nitrogen and oxygen atoms in total. The molecule has 1 aromatic heterocycles. The fraction of sp³-hybridized carbons (Fsp3) is 0.364. The fourth-order valence-corrected chi connectivity index (χ4v) is 4.55. The maximum absolute atomic E-state index is 12.9. The Morgan fingerprint density at radius 1 is 1.13 bits per heavy atom. The molecule has 0 saturated carbocycles. The van der Waals surface area contributed by atoms with Crippen LogP contribution < -0.4 is 5.73 Å². The van der Waals surface area contributed by atoms with Crippen molar-refractivity contribution < 1.29 is 23.1 Å². The summed E-state index contributed by atoms with van der Waals surface area (Å²) >= 11 is 0. The first-order valence-corrected chi connectivity index (χ1v) is 11.5. The average Bonchev–Trinajstić information content (AvgIpc) is 3.03. The molecule has 0 spiro atoms. The van der Waals surface area contributed by atoms with Crippen LogP contribution in [0.4, 0.5) is 5.95 Å². The minimum absolute atomic E-state index is 0.164. The van der Waals surface area contributed by atoms with E-state index >= 15 is 0 Å². The SMILES string of the molecule is CC(C)OC(=O)CC(O)(c1ccccc1)c1ccc2nc(N)n(S(=O)(=O)C(C)C)c2c1. The van der Waals surface area contributed by atoms with Gasteiger partial charge in [0, 0.05) is 0 Å². The van der Waals surface area contributed by atoms with Crippen molar-refractivity contribution in [1.29, 1.82) is 0 Å². The first-order chi connectivity index (χ1) is 14.5. The number of nitrogen functional groups attached to an aromatic ring is 1. The number of esters is 1. The Morgan fingerprint density at radius 2 is 1.77 bits per heavy atom. The van der Waals surface area contributed by atoms with E-state index in [1.165, 1.54) is 6.07 Å².